The molecular formula is C35H53N3O60S13. The third-order valence-electron chi connectivity index (χ3n) is 13.3. The Morgan fingerprint density at radius 1 is 0.306 bits per heavy atom. The van der Waals surface area contributed by atoms with Crippen molar-refractivity contribution in [3.05, 3.63) is 36.5 Å². The lowest BCUT2D eigenvalue weighted by atomic mass is 9.95. The lowest BCUT2D eigenvalue weighted by Crippen LogP contribution is -2.70. The highest BCUT2D eigenvalue weighted by molar-refractivity contribution is 7.83. The maximum absolute atomic E-state index is 13.2. The van der Waals surface area contributed by atoms with Gasteiger partial charge in [-0.3, -0.25) is 63.9 Å². The van der Waals surface area contributed by atoms with E-state index in [0.29, 0.717) is 5.56 Å². The fourth-order valence-corrected chi connectivity index (χ4v) is 15.6. The fraction of sp³-hybridized carbons (Fsp3) is 0.771. The summed E-state index contributed by atoms with van der Waals surface area (Å²) in [6.45, 7) is -10.3. The molecule has 0 radical (unpaired) electrons. The van der Waals surface area contributed by atoms with Crippen molar-refractivity contribution in [2.45, 2.75) is 136 Å². The van der Waals surface area contributed by atoms with Crippen molar-refractivity contribution in [1.82, 2.24) is 15.0 Å². The molecule has 4 saturated heterocycles. The molecule has 0 spiro atoms. The highest BCUT2D eigenvalue weighted by Gasteiger charge is 2.63. The monoisotopic (exact) mass is 1890 g/mol. The van der Waals surface area contributed by atoms with Crippen LogP contribution in [0.5, 0.6) is 0 Å². The minimum Gasteiger partial charge on any atom is -0.350 e. The largest absolute Gasteiger partial charge is 0.397 e. The number of ether oxygens (including phenoxy) is 8. The van der Waals surface area contributed by atoms with E-state index < -0.39 is 297 Å². The van der Waals surface area contributed by atoms with Crippen LogP contribution in [0.15, 0.2) is 36.5 Å². The molecular weight excluding hydrogens is 1840 g/mol. The van der Waals surface area contributed by atoms with E-state index in [1.54, 1.807) is 30.3 Å². The minimum atomic E-state index is -6.88. The van der Waals surface area contributed by atoms with Crippen molar-refractivity contribution in [1.29, 1.82) is 0 Å². The van der Waals surface area contributed by atoms with Crippen molar-refractivity contribution in [2.75, 3.05) is 33.0 Å². The van der Waals surface area contributed by atoms with E-state index in [4.69, 9.17) is 37.9 Å². The second-order valence-electron chi connectivity index (χ2n) is 21.2. The van der Waals surface area contributed by atoms with E-state index in [2.05, 4.69) is 64.7 Å². The van der Waals surface area contributed by atoms with Crippen LogP contribution in [0.3, 0.4) is 0 Å². The van der Waals surface area contributed by atoms with Crippen molar-refractivity contribution >= 4 is 135 Å². The molecule has 0 aliphatic carbocycles. The molecule has 0 saturated carbocycles. The molecule has 0 bridgehead atoms. The number of aryl methyl sites for hydroxylation is 1. The van der Waals surface area contributed by atoms with Crippen LogP contribution in [0.25, 0.3) is 11.3 Å². The first-order chi connectivity index (χ1) is 50.1. The molecule has 1 aromatic carbocycles. The van der Waals surface area contributed by atoms with E-state index in [1.807, 2.05) is 0 Å². The van der Waals surface area contributed by atoms with Gasteiger partial charge in [0.25, 0.3) is 0 Å². The smallest absolute Gasteiger partial charge is 0.350 e. The molecule has 646 valence electrons. The Labute approximate surface area is 623 Å². The summed E-state index contributed by atoms with van der Waals surface area (Å²) in [5.41, 5.74) is 0.654. The molecule has 2 aromatic rings. The van der Waals surface area contributed by atoms with Gasteiger partial charge in [0.2, 0.25) is 0 Å². The highest BCUT2D eigenvalue weighted by Crippen LogP contribution is 2.42. The molecule has 20 atom stereocenters. The zero-order valence-corrected chi connectivity index (χ0v) is 63.2. The van der Waals surface area contributed by atoms with Gasteiger partial charge in [-0.25, -0.2) is 54.4 Å². The van der Waals surface area contributed by atoms with Gasteiger partial charge in [0, 0.05) is 12.1 Å². The normalized spacial score (nSPS) is 30.4. The molecule has 1 aromatic heterocycles. The van der Waals surface area contributed by atoms with E-state index in [1.165, 1.54) is 6.20 Å². The Morgan fingerprint density at radius 2 is 0.559 bits per heavy atom. The van der Waals surface area contributed by atoms with Crippen molar-refractivity contribution in [3.63, 3.8) is 0 Å². The average molecular weight is 1890 g/mol. The highest BCUT2D eigenvalue weighted by atomic mass is 32.3. The van der Waals surface area contributed by atoms with Gasteiger partial charge in [0.15, 0.2) is 43.5 Å². The van der Waals surface area contributed by atoms with Gasteiger partial charge in [0.1, 0.15) is 85.0 Å². The third kappa shape index (κ3) is 33.7. The Hall–Kier alpha value is -3.65. The van der Waals surface area contributed by atoms with E-state index in [9.17, 15) is 169 Å². The summed E-state index contributed by atoms with van der Waals surface area (Å²) in [5, 5.41) is 7.80. The summed E-state index contributed by atoms with van der Waals surface area (Å²) in [4.78, 5) is 0. The number of benzene rings is 1. The first-order valence-corrected chi connectivity index (χ1v) is 45.3. The zero-order valence-electron chi connectivity index (χ0n) is 52.6. The molecule has 4 aliphatic heterocycles. The number of rotatable bonds is 42. The van der Waals surface area contributed by atoms with Crippen LogP contribution in [0.4, 0.5) is 0 Å². The maximum Gasteiger partial charge on any atom is 0.397 e. The van der Waals surface area contributed by atoms with Crippen LogP contribution < -0.4 is 0 Å². The standard InChI is InChI=1S/C35H53N3O60S13/c39-99(40,41)79-10-16-20(90-103(51,52)53)24(88-35-31(98-111(75,76)77)27(95-108(66,67)68)23(93-106(60,61)62)19(86-35)13-82-102(48,49)50)29(96-109(69,70)71)33(84-16)87-25-21(91-104(54,55)56)17(11-80-100(42,43)44)85-34(30(25)97-110(72,73)74)89-28-26(94-107(63,64)65)22(92-105(57,58)59)18(12-81-101(45,46)47)83-32(28)78-8-4-7-38-9-15(36-37-38)14-5-2-1-3-6-14/h1-3,5-6,9,16-35H,4,7-8,10-13H2,(H,39,40,41)(H,42,43,44)(H,45,46,47)(H,48,49,50)(H,51,52,53)(H,54,55,56)(H,57,58,59)(H,60,61,62)(H,63,64,65)(H,66,67,68)(H,69,70,71)(H,72,73,74)(H,75,76,77)/t16-,17-,18-,19-,20-,21-,22-,23-,24+,25+,26+,27+,28+,29+,30+,31+,32+,33-,34-,35-/m1/s1. The molecule has 13 N–H and O–H groups in total. The Kier molecular flexibility index (Phi) is 31.8. The van der Waals surface area contributed by atoms with Crippen molar-refractivity contribution in [2.24, 2.45) is 0 Å². The SMILES string of the molecule is O=S(=O)(O)OC[C@H]1O[C@H](OCCCn2cc(-c3ccccc3)nn2)[C@@H](O[C@H]2O[C@H](COS(=O)(=O)O)[C@@H](OS(=O)(=O)O)[C@H](O[C@H]3O[C@H](COS(=O)(=O)O)[C@@H](OS(=O)(=O)O)[C@H](O[C@H]4O[C@H](COS(=O)(=O)O)[C@@H](OS(=O)(=O)O)[C@H](OS(=O)(=O)O)[C@@H]4OS(=O)(=O)O)[C@@H]3OS(=O)(=O)O)[C@@H]2OS(=O)(=O)O)[C@@H](OS(=O)(=O)O)[C@@H]1OS(=O)(=O)O. The van der Waals surface area contributed by atoms with E-state index in [-0.39, 0.29) is 12.2 Å². The fourth-order valence-electron chi connectivity index (χ4n) is 9.87. The van der Waals surface area contributed by atoms with Gasteiger partial charge in [-0.1, -0.05) is 35.5 Å². The second-order valence-corrected chi connectivity index (χ2v) is 35.0. The summed E-state index contributed by atoms with van der Waals surface area (Å²) in [6.07, 6.45) is -71.3. The molecule has 6 rings (SSSR count). The van der Waals surface area contributed by atoms with Crippen LogP contribution in [0.1, 0.15) is 6.42 Å². The summed E-state index contributed by atoms with van der Waals surface area (Å²) >= 11 is 0. The van der Waals surface area contributed by atoms with Gasteiger partial charge in [0.05, 0.1) is 39.2 Å². The van der Waals surface area contributed by atoms with Crippen LogP contribution in [-0.4, -0.2) is 339 Å². The second kappa shape index (κ2) is 36.7. The van der Waals surface area contributed by atoms with E-state index in [0.717, 1.165) is 4.68 Å². The Morgan fingerprint density at radius 3 is 0.856 bits per heavy atom. The van der Waals surface area contributed by atoms with Crippen LogP contribution >= 0.6 is 0 Å². The van der Waals surface area contributed by atoms with Gasteiger partial charge in [-0.15, -0.1) is 5.10 Å². The zero-order chi connectivity index (χ0) is 84.2. The molecule has 76 heteroatoms. The number of hydrogen-bond donors (Lipinski definition) is 13. The quantitative estimate of drug-likeness (QED) is 0.0217. The van der Waals surface area contributed by atoms with Crippen molar-refractivity contribution < 1.29 is 261 Å². The van der Waals surface area contributed by atoms with Crippen LogP contribution in [0.2, 0.25) is 0 Å². The summed E-state index contributed by atoms with van der Waals surface area (Å²) in [7, 11) is -83.8. The summed E-state index contributed by atoms with van der Waals surface area (Å²) < 4.78 is 555. The van der Waals surface area contributed by atoms with Gasteiger partial charge in [-0.2, -0.15) is 109 Å². The predicted octanol–water partition coefficient (Wildman–Crippen LogP) is -9.62. The summed E-state index contributed by atoms with van der Waals surface area (Å²) in [6, 6.07) is 7.89. The molecule has 0 amide bonds. The molecule has 111 heavy (non-hydrogen) atoms. The molecule has 63 nitrogen and oxygen atoms in total. The minimum absolute atomic E-state index is 0.194. The molecule has 5 heterocycles. The Bertz CT molecular complexity index is 5130. The van der Waals surface area contributed by atoms with Crippen LogP contribution in [0, 0.1) is 0 Å². The van der Waals surface area contributed by atoms with Gasteiger partial charge >= 0.3 is 135 Å². The third-order valence-corrected chi connectivity index (χ3v) is 19.2. The predicted molar refractivity (Wildman–Crippen MR) is 323 cm³/mol. The molecule has 0 unspecified atom stereocenters. The number of hydrogen-bond acceptors (Lipinski definition) is 49. The summed E-state index contributed by atoms with van der Waals surface area (Å²) in [5.74, 6) is 0. The number of aromatic nitrogens is 3. The first-order valence-electron chi connectivity index (χ1n) is 27.6. The molecule has 4 aliphatic rings. The topological polar surface area (TPSA) is 931 Å². The maximum atomic E-state index is 13.2. The molecule has 4 fully saturated rings. The van der Waals surface area contributed by atoms with Crippen LogP contribution in [-0.2, 0) is 234 Å². The average Bonchev–Trinajstić information content (AvgIpc) is 1.13. The Balaban J connectivity index is 1.69. The van der Waals surface area contributed by atoms with Crippen molar-refractivity contribution in [3.8, 4) is 11.3 Å². The lowest BCUT2D eigenvalue weighted by Gasteiger charge is -2.51. The first kappa shape index (κ1) is 96.2. The van der Waals surface area contributed by atoms with Gasteiger partial charge < -0.3 is 37.9 Å². The number of nitrogens with zero attached hydrogens (tertiary/aromatic N) is 3. The van der Waals surface area contributed by atoms with Gasteiger partial charge in [-0.05, 0) is 6.42 Å². The van der Waals surface area contributed by atoms with E-state index >= 15 is 0 Å². The lowest BCUT2D eigenvalue weighted by molar-refractivity contribution is -0.384.